The first-order valence-corrected chi connectivity index (χ1v) is 7.73. The summed E-state index contributed by atoms with van der Waals surface area (Å²) in [6.07, 6.45) is 3.56. The zero-order valence-electron chi connectivity index (χ0n) is 12.9. The summed E-state index contributed by atoms with van der Waals surface area (Å²) in [6, 6.07) is 0.696. The largest absolute Gasteiger partial charge is 0.481 e. The highest BCUT2D eigenvalue weighted by atomic mass is 16.4. The Balaban J connectivity index is 2.36. The number of amides is 1. The van der Waals surface area contributed by atoms with Crippen LogP contribution in [0.1, 0.15) is 52.9 Å². The van der Waals surface area contributed by atoms with E-state index in [1.807, 2.05) is 13.8 Å². The van der Waals surface area contributed by atoms with E-state index in [0.29, 0.717) is 25.4 Å². The molecular formula is C15H28N2O3. The summed E-state index contributed by atoms with van der Waals surface area (Å²) >= 11 is 0. The molecule has 1 aliphatic rings. The van der Waals surface area contributed by atoms with E-state index in [4.69, 9.17) is 0 Å². The molecule has 0 aromatic carbocycles. The predicted molar refractivity (Wildman–Crippen MR) is 78.5 cm³/mol. The fraction of sp³-hybridized carbons (Fsp3) is 0.867. The van der Waals surface area contributed by atoms with Crippen molar-refractivity contribution in [1.29, 1.82) is 0 Å². The highest BCUT2D eigenvalue weighted by Crippen LogP contribution is 2.30. The van der Waals surface area contributed by atoms with Crippen molar-refractivity contribution in [2.24, 2.45) is 5.41 Å². The number of likely N-dealkylation sites (N-methyl/N-ethyl adjacent to an activating group) is 1. The maximum absolute atomic E-state index is 11.9. The van der Waals surface area contributed by atoms with Gasteiger partial charge in [-0.25, -0.2) is 0 Å². The Labute approximate surface area is 121 Å². The number of rotatable bonds is 10. The molecule has 5 heteroatoms. The number of nitrogens with zero attached hydrogens (tertiary/aromatic N) is 1. The van der Waals surface area contributed by atoms with Gasteiger partial charge in [0.2, 0.25) is 5.91 Å². The van der Waals surface area contributed by atoms with Gasteiger partial charge in [0.1, 0.15) is 0 Å². The molecule has 0 saturated heterocycles. The van der Waals surface area contributed by atoms with Crippen LogP contribution < -0.4 is 5.32 Å². The molecule has 0 heterocycles. The standard InChI is InChI=1S/C15H28N2O3/c1-4-15(5-2,14(19)20)11-13(18)16-9-10-17(6-3)12-7-8-12/h12H,4-11H2,1-3H3,(H,16,18)(H,19,20). The van der Waals surface area contributed by atoms with E-state index in [0.717, 1.165) is 13.1 Å². The van der Waals surface area contributed by atoms with Crippen molar-refractivity contribution in [2.45, 2.75) is 58.9 Å². The second-order valence-electron chi connectivity index (χ2n) is 5.68. The van der Waals surface area contributed by atoms with E-state index in [-0.39, 0.29) is 12.3 Å². The van der Waals surface area contributed by atoms with Gasteiger partial charge in [-0.05, 0) is 32.2 Å². The third-order valence-corrected chi connectivity index (χ3v) is 4.50. The highest BCUT2D eigenvalue weighted by molar-refractivity contribution is 5.84. The van der Waals surface area contributed by atoms with Crippen LogP contribution in [0.3, 0.4) is 0 Å². The summed E-state index contributed by atoms with van der Waals surface area (Å²) < 4.78 is 0. The second-order valence-corrected chi connectivity index (χ2v) is 5.68. The number of hydrogen-bond acceptors (Lipinski definition) is 3. The van der Waals surface area contributed by atoms with E-state index in [1.54, 1.807) is 0 Å². The van der Waals surface area contributed by atoms with E-state index in [9.17, 15) is 14.7 Å². The van der Waals surface area contributed by atoms with Gasteiger partial charge in [-0.2, -0.15) is 0 Å². The molecular weight excluding hydrogens is 256 g/mol. The fourth-order valence-electron chi connectivity index (χ4n) is 2.63. The summed E-state index contributed by atoms with van der Waals surface area (Å²) in [5.41, 5.74) is -0.912. The van der Waals surface area contributed by atoms with E-state index >= 15 is 0 Å². The normalized spacial score (nSPS) is 15.4. The van der Waals surface area contributed by atoms with Gasteiger partial charge < -0.3 is 10.4 Å². The zero-order chi connectivity index (χ0) is 15.2. The lowest BCUT2D eigenvalue weighted by atomic mass is 9.79. The number of carboxylic acid groups (broad SMARTS) is 1. The third-order valence-electron chi connectivity index (χ3n) is 4.50. The summed E-state index contributed by atoms with van der Waals surface area (Å²) in [7, 11) is 0. The van der Waals surface area contributed by atoms with Crippen molar-refractivity contribution in [2.75, 3.05) is 19.6 Å². The van der Waals surface area contributed by atoms with Gasteiger partial charge in [0.15, 0.2) is 0 Å². The van der Waals surface area contributed by atoms with Gasteiger partial charge in [-0.3, -0.25) is 14.5 Å². The Morgan fingerprint density at radius 3 is 2.25 bits per heavy atom. The quantitative estimate of drug-likeness (QED) is 0.642. The average molecular weight is 284 g/mol. The van der Waals surface area contributed by atoms with Crippen molar-refractivity contribution < 1.29 is 14.7 Å². The first kappa shape index (κ1) is 17.0. The minimum absolute atomic E-state index is 0.0743. The Morgan fingerprint density at radius 2 is 1.85 bits per heavy atom. The lowest BCUT2D eigenvalue weighted by Gasteiger charge is -2.26. The molecule has 20 heavy (non-hydrogen) atoms. The minimum Gasteiger partial charge on any atom is -0.481 e. The molecule has 1 rings (SSSR count). The highest BCUT2D eigenvalue weighted by Gasteiger charge is 2.37. The van der Waals surface area contributed by atoms with Crippen LogP contribution in [0.5, 0.6) is 0 Å². The van der Waals surface area contributed by atoms with Crippen LogP contribution in [0.2, 0.25) is 0 Å². The number of nitrogens with one attached hydrogen (secondary N) is 1. The maximum atomic E-state index is 11.9. The molecule has 0 aromatic rings. The topological polar surface area (TPSA) is 69.6 Å². The summed E-state index contributed by atoms with van der Waals surface area (Å²) in [6.45, 7) is 8.25. The summed E-state index contributed by atoms with van der Waals surface area (Å²) in [5.74, 6) is -1.02. The van der Waals surface area contributed by atoms with Crippen LogP contribution in [0.15, 0.2) is 0 Å². The van der Waals surface area contributed by atoms with Crippen LogP contribution in [0, 0.1) is 5.41 Å². The third kappa shape index (κ3) is 4.47. The second kappa shape index (κ2) is 7.62. The number of carbonyl (C=O) groups is 2. The molecule has 116 valence electrons. The lowest BCUT2D eigenvalue weighted by molar-refractivity contribution is -0.152. The van der Waals surface area contributed by atoms with Gasteiger partial charge in [-0.15, -0.1) is 0 Å². The molecule has 1 fully saturated rings. The first-order valence-electron chi connectivity index (χ1n) is 7.73. The van der Waals surface area contributed by atoms with Crippen molar-refractivity contribution in [1.82, 2.24) is 10.2 Å². The number of aliphatic carboxylic acids is 1. The van der Waals surface area contributed by atoms with Crippen molar-refractivity contribution in [3.8, 4) is 0 Å². The number of hydrogen-bond donors (Lipinski definition) is 2. The van der Waals surface area contributed by atoms with Crippen LogP contribution in [0.4, 0.5) is 0 Å². The molecule has 2 N–H and O–H groups in total. The Hall–Kier alpha value is -1.10. The molecule has 0 aliphatic heterocycles. The predicted octanol–water partition coefficient (Wildman–Crippen LogP) is 1.87. The van der Waals surface area contributed by atoms with E-state index in [1.165, 1.54) is 12.8 Å². The first-order chi connectivity index (χ1) is 9.49. The smallest absolute Gasteiger partial charge is 0.310 e. The molecule has 5 nitrogen and oxygen atoms in total. The maximum Gasteiger partial charge on any atom is 0.310 e. The molecule has 0 aromatic heterocycles. The SMILES string of the molecule is CCN(CCNC(=O)CC(CC)(CC)C(=O)O)C1CC1. The van der Waals surface area contributed by atoms with Gasteiger partial charge >= 0.3 is 5.97 Å². The summed E-state index contributed by atoms with van der Waals surface area (Å²) in [4.78, 5) is 25.7. The molecule has 1 saturated carbocycles. The summed E-state index contributed by atoms with van der Waals surface area (Å²) in [5, 5.41) is 12.2. The molecule has 0 radical (unpaired) electrons. The van der Waals surface area contributed by atoms with Gasteiger partial charge in [0.05, 0.1) is 5.41 Å². The van der Waals surface area contributed by atoms with Crippen LogP contribution in [0.25, 0.3) is 0 Å². The Bertz CT molecular complexity index is 336. The number of carbonyl (C=O) groups excluding carboxylic acids is 1. The van der Waals surface area contributed by atoms with Crippen LogP contribution >= 0.6 is 0 Å². The van der Waals surface area contributed by atoms with Crippen LogP contribution in [-0.4, -0.2) is 47.6 Å². The van der Waals surface area contributed by atoms with E-state index in [2.05, 4.69) is 17.1 Å². The van der Waals surface area contributed by atoms with Crippen molar-refractivity contribution in [3.05, 3.63) is 0 Å². The zero-order valence-corrected chi connectivity index (χ0v) is 12.9. The molecule has 0 spiro atoms. The van der Waals surface area contributed by atoms with Gasteiger partial charge in [0.25, 0.3) is 0 Å². The van der Waals surface area contributed by atoms with E-state index < -0.39 is 11.4 Å². The minimum atomic E-state index is -0.912. The van der Waals surface area contributed by atoms with Crippen LogP contribution in [-0.2, 0) is 9.59 Å². The Morgan fingerprint density at radius 1 is 1.25 bits per heavy atom. The molecule has 0 atom stereocenters. The van der Waals surface area contributed by atoms with Gasteiger partial charge in [0, 0.05) is 25.6 Å². The average Bonchev–Trinajstić information content (AvgIpc) is 3.25. The molecule has 1 amide bonds. The molecule has 0 unspecified atom stereocenters. The van der Waals surface area contributed by atoms with Crippen molar-refractivity contribution >= 4 is 11.9 Å². The fourth-order valence-corrected chi connectivity index (χ4v) is 2.63. The van der Waals surface area contributed by atoms with Crippen molar-refractivity contribution in [3.63, 3.8) is 0 Å². The Kier molecular flexibility index (Phi) is 6.46. The van der Waals surface area contributed by atoms with Gasteiger partial charge in [-0.1, -0.05) is 20.8 Å². The molecule has 1 aliphatic carbocycles. The lowest BCUT2D eigenvalue weighted by Crippen LogP contribution is -2.40. The monoisotopic (exact) mass is 284 g/mol. The molecule has 0 bridgehead atoms. The number of carboxylic acids is 1.